The van der Waals surface area contributed by atoms with Crippen molar-refractivity contribution in [3.8, 4) is 0 Å². The maximum absolute atomic E-state index is 7.92. The molecule has 0 aliphatic heterocycles. The third-order valence-electron chi connectivity index (χ3n) is 9.29. The van der Waals surface area contributed by atoms with E-state index in [1.807, 2.05) is 0 Å². The van der Waals surface area contributed by atoms with Gasteiger partial charge in [-0.25, -0.2) is 0 Å². The molecule has 2 heteroatoms. The predicted molar refractivity (Wildman–Crippen MR) is 193 cm³/mol. The molecule has 0 fully saturated rings. The second-order valence-electron chi connectivity index (χ2n) is 11.4. The number of hydrogen-bond donors (Lipinski definition) is 0. The summed E-state index contributed by atoms with van der Waals surface area (Å²) in [7, 11) is 0. The van der Waals surface area contributed by atoms with Crippen LogP contribution < -0.4 is 21.2 Å². The van der Waals surface area contributed by atoms with Crippen LogP contribution in [0, 0.1) is 0 Å². The van der Waals surface area contributed by atoms with Crippen molar-refractivity contribution in [3.05, 3.63) is 170 Å². The molecule has 1 nitrogen and oxygen atoms in total. The van der Waals surface area contributed by atoms with Crippen LogP contribution in [0.4, 0.5) is 0 Å². The molecule has 0 aliphatic rings. The van der Waals surface area contributed by atoms with Crippen LogP contribution in [0.5, 0.6) is 0 Å². The molecule has 8 aromatic rings. The molecule has 0 heterocycles. The zero-order chi connectivity index (χ0) is 29.6. The van der Waals surface area contributed by atoms with Gasteiger partial charge >= 0.3 is 259 Å². The summed E-state index contributed by atoms with van der Waals surface area (Å²) >= 11 is 0. The van der Waals surface area contributed by atoms with E-state index in [2.05, 4.69) is 177 Å². The molecule has 0 aliphatic carbocycles. The van der Waals surface area contributed by atoms with Crippen LogP contribution in [-0.4, -0.2) is 6.61 Å². The molecule has 8 aromatic carbocycles. The molecule has 0 bridgehead atoms. The molecule has 0 unspecified atom stereocenters. The van der Waals surface area contributed by atoms with Gasteiger partial charge in [-0.1, -0.05) is 0 Å². The van der Waals surface area contributed by atoms with Gasteiger partial charge in [-0.05, 0) is 0 Å². The van der Waals surface area contributed by atoms with Gasteiger partial charge in [0.05, 0.1) is 0 Å². The SMILES string of the molecule is CCOP(c1cccc2ccccc12)(c1cccc2ccccc12)(c1cccc2ccccc12)c1cccc2ccccc12. The van der Waals surface area contributed by atoms with Crippen LogP contribution in [0.1, 0.15) is 6.92 Å². The van der Waals surface area contributed by atoms with Crippen LogP contribution in [0.2, 0.25) is 0 Å². The van der Waals surface area contributed by atoms with E-state index in [0.29, 0.717) is 6.61 Å². The van der Waals surface area contributed by atoms with Gasteiger partial charge in [0, 0.05) is 0 Å². The first-order chi connectivity index (χ1) is 21.8. The topological polar surface area (TPSA) is 9.23 Å². The van der Waals surface area contributed by atoms with Gasteiger partial charge in [-0.2, -0.15) is 0 Å². The number of fused-ring (bicyclic) bond motifs is 4. The zero-order valence-corrected chi connectivity index (χ0v) is 25.6. The van der Waals surface area contributed by atoms with Crippen molar-refractivity contribution in [2.24, 2.45) is 0 Å². The molecule has 0 atom stereocenters. The van der Waals surface area contributed by atoms with Gasteiger partial charge < -0.3 is 0 Å². The Bertz CT molecular complexity index is 1990. The fourth-order valence-electron chi connectivity index (χ4n) is 7.64. The van der Waals surface area contributed by atoms with E-state index >= 15 is 0 Å². The Kier molecular flexibility index (Phi) is 6.35. The molecule has 0 radical (unpaired) electrons. The first kappa shape index (κ1) is 26.8. The van der Waals surface area contributed by atoms with Gasteiger partial charge in [0.25, 0.3) is 0 Å². The molecule has 212 valence electrons. The second kappa shape index (κ2) is 10.4. The van der Waals surface area contributed by atoms with Crippen molar-refractivity contribution in [1.82, 2.24) is 0 Å². The van der Waals surface area contributed by atoms with Gasteiger partial charge in [0.15, 0.2) is 0 Å². The standard InChI is InChI=1S/C42H33OP/c1-2-43-44(39-27-11-19-31-15-3-7-23-35(31)39,40-28-12-20-32-16-4-8-24-36(32)40,41-29-13-21-33-17-5-9-25-37(33)41)42-30-14-22-34-18-6-10-26-38(34)42/h3-30H,2H2,1H3. The Morgan fingerprint density at radius 1 is 0.341 bits per heavy atom. The van der Waals surface area contributed by atoms with Crippen LogP contribution in [0.25, 0.3) is 43.1 Å². The van der Waals surface area contributed by atoms with Crippen molar-refractivity contribution in [2.75, 3.05) is 6.61 Å². The average Bonchev–Trinajstić information content (AvgIpc) is 3.10. The molecule has 44 heavy (non-hydrogen) atoms. The minimum atomic E-state index is -4.06. The third kappa shape index (κ3) is 3.61. The molecular weight excluding hydrogens is 551 g/mol. The van der Waals surface area contributed by atoms with E-state index in [1.54, 1.807) is 0 Å². The predicted octanol–water partition coefficient (Wildman–Crippen LogP) is 9.41. The maximum atomic E-state index is 7.92. The molecule has 0 saturated heterocycles. The summed E-state index contributed by atoms with van der Waals surface area (Å²) in [4.78, 5) is 0. The third-order valence-corrected chi connectivity index (χ3v) is 15.3. The molecule has 0 saturated carbocycles. The van der Waals surface area contributed by atoms with Crippen LogP contribution >= 0.6 is 6.83 Å². The average molecular weight is 585 g/mol. The van der Waals surface area contributed by atoms with E-state index < -0.39 is 6.83 Å². The Labute approximate surface area is 258 Å². The van der Waals surface area contributed by atoms with E-state index in [0.717, 1.165) is 0 Å². The minimum absolute atomic E-state index is 0.538. The normalized spacial score (nSPS) is 12.9. The van der Waals surface area contributed by atoms with Crippen molar-refractivity contribution in [3.63, 3.8) is 0 Å². The van der Waals surface area contributed by atoms with Crippen molar-refractivity contribution < 1.29 is 4.52 Å². The Morgan fingerprint density at radius 2 is 0.591 bits per heavy atom. The van der Waals surface area contributed by atoms with Crippen molar-refractivity contribution in [1.29, 1.82) is 0 Å². The summed E-state index contributed by atoms with van der Waals surface area (Å²) in [5.74, 6) is 0. The summed E-state index contributed by atoms with van der Waals surface area (Å²) in [6.07, 6.45) is 0. The molecular formula is C42H33OP. The van der Waals surface area contributed by atoms with E-state index in [9.17, 15) is 0 Å². The van der Waals surface area contributed by atoms with E-state index in [1.165, 1.54) is 64.3 Å². The van der Waals surface area contributed by atoms with Gasteiger partial charge in [0.2, 0.25) is 0 Å². The van der Waals surface area contributed by atoms with Crippen molar-refractivity contribution >= 4 is 71.1 Å². The molecule has 8 rings (SSSR count). The summed E-state index contributed by atoms with van der Waals surface area (Å²) in [6.45, 7) is -1.36. The summed E-state index contributed by atoms with van der Waals surface area (Å²) < 4.78 is 7.92. The Hall–Kier alpha value is -4.81. The molecule has 0 spiro atoms. The zero-order valence-electron chi connectivity index (χ0n) is 24.7. The Morgan fingerprint density at radius 3 is 0.864 bits per heavy atom. The Balaban J connectivity index is 1.79. The van der Waals surface area contributed by atoms with Gasteiger partial charge in [0.1, 0.15) is 0 Å². The molecule has 0 aromatic heterocycles. The summed E-state index contributed by atoms with van der Waals surface area (Å²) in [6, 6.07) is 62.4. The quantitative estimate of drug-likeness (QED) is 0.177. The summed E-state index contributed by atoms with van der Waals surface area (Å²) in [5, 5.41) is 14.6. The monoisotopic (exact) mass is 584 g/mol. The van der Waals surface area contributed by atoms with Crippen molar-refractivity contribution in [2.45, 2.75) is 6.92 Å². The van der Waals surface area contributed by atoms with Crippen LogP contribution in [0.3, 0.4) is 0 Å². The molecule has 0 N–H and O–H groups in total. The summed E-state index contributed by atoms with van der Waals surface area (Å²) in [5.41, 5.74) is 0. The molecule has 0 amide bonds. The fraction of sp³-hybridized carbons (Fsp3) is 0.0476. The number of rotatable bonds is 6. The fourth-order valence-corrected chi connectivity index (χ4v) is 14.4. The van der Waals surface area contributed by atoms with Gasteiger partial charge in [-0.3, -0.25) is 0 Å². The first-order valence-electron chi connectivity index (χ1n) is 15.4. The number of hydrogen-bond acceptors (Lipinski definition) is 1. The van der Waals surface area contributed by atoms with E-state index in [4.69, 9.17) is 4.52 Å². The van der Waals surface area contributed by atoms with Gasteiger partial charge in [-0.15, -0.1) is 0 Å². The first-order valence-corrected chi connectivity index (χ1v) is 17.5. The van der Waals surface area contributed by atoms with Crippen LogP contribution in [-0.2, 0) is 4.52 Å². The second-order valence-corrected chi connectivity index (χ2v) is 15.7. The van der Waals surface area contributed by atoms with E-state index in [-0.39, 0.29) is 0 Å². The number of benzene rings is 8. The van der Waals surface area contributed by atoms with Crippen LogP contribution in [0.15, 0.2) is 170 Å².